The molecule has 0 fully saturated rings. The van der Waals surface area contributed by atoms with Crippen LogP contribution < -0.4 is 10.1 Å². The van der Waals surface area contributed by atoms with E-state index in [0.29, 0.717) is 37.3 Å². The van der Waals surface area contributed by atoms with Gasteiger partial charge in [0.25, 0.3) is 5.91 Å². The van der Waals surface area contributed by atoms with E-state index in [0.717, 1.165) is 29.5 Å². The van der Waals surface area contributed by atoms with Crippen LogP contribution in [0.3, 0.4) is 0 Å². The van der Waals surface area contributed by atoms with E-state index >= 15 is 0 Å². The van der Waals surface area contributed by atoms with E-state index in [1.807, 2.05) is 30.3 Å². The first kappa shape index (κ1) is 26.5. The number of unbranched alkanes of at least 4 members (excludes halogenated alkanes) is 1. The number of carbonyl (C=O) groups excluding carboxylic acids is 1. The fourth-order valence-electron chi connectivity index (χ4n) is 3.85. The maximum atomic E-state index is 12.4. The Morgan fingerprint density at radius 1 is 0.889 bits per heavy atom. The van der Waals surface area contributed by atoms with Crippen LogP contribution in [0.5, 0.6) is 5.75 Å². The maximum absolute atomic E-state index is 12.4. The summed E-state index contributed by atoms with van der Waals surface area (Å²) in [7, 11) is 0. The minimum absolute atomic E-state index is 0.209. The Morgan fingerprint density at radius 3 is 2.25 bits per heavy atom. The van der Waals surface area contributed by atoms with Crippen molar-refractivity contribution in [1.29, 1.82) is 0 Å². The lowest BCUT2D eigenvalue weighted by atomic mass is 9.94. The van der Waals surface area contributed by atoms with Gasteiger partial charge in [-0.15, -0.1) is 0 Å². The van der Waals surface area contributed by atoms with Crippen LogP contribution in [0.25, 0.3) is 11.1 Å². The van der Waals surface area contributed by atoms with Crippen LogP contribution in [-0.2, 0) is 11.2 Å². The maximum Gasteiger partial charge on any atom is 0.335 e. The van der Waals surface area contributed by atoms with Gasteiger partial charge in [-0.25, -0.2) is 4.79 Å². The van der Waals surface area contributed by atoms with Gasteiger partial charge in [-0.3, -0.25) is 9.59 Å². The van der Waals surface area contributed by atoms with Gasteiger partial charge in [-0.1, -0.05) is 56.2 Å². The average molecular weight is 490 g/mol. The van der Waals surface area contributed by atoms with Gasteiger partial charge in [0.2, 0.25) is 0 Å². The van der Waals surface area contributed by atoms with Crippen LogP contribution in [0.2, 0.25) is 0 Å². The molecule has 188 valence electrons. The summed E-state index contributed by atoms with van der Waals surface area (Å²) in [5, 5.41) is 21.4. The van der Waals surface area contributed by atoms with Crippen molar-refractivity contribution < 1.29 is 29.3 Å². The molecule has 0 aromatic heterocycles. The van der Waals surface area contributed by atoms with Crippen LogP contribution in [0, 0.1) is 5.92 Å². The second-order valence-electron chi connectivity index (χ2n) is 8.59. The fraction of sp³-hybridized carbons (Fsp3) is 0.276. The van der Waals surface area contributed by atoms with Gasteiger partial charge in [-0.2, -0.15) is 0 Å². The van der Waals surface area contributed by atoms with Crippen LogP contribution >= 0.6 is 0 Å². The summed E-state index contributed by atoms with van der Waals surface area (Å²) in [4.78, 5) is 35.0. The number of benzene rings is 3. The van der Waals surface area contributed by atoms with Crippen molar-refractivity contribution in [3.05, 3.63) is 89.5 Å². The summed E-state index contributed by atoms with van der Waals surface area (Å²) in [6.07, 6.45) is 3.04. The molecule has 3 aromatic carbocycles. The van der Waals surface area contributed by atoms with Gasteiger partial charge < -0.3 is 20.3 Å². The normalized spacial score (nSPS) is 11.5. The molecule has 7 heteroatoms. The highest BCUT2D eigenvalue weighted by atomic mass is 16.5. The molecular formula is C29H31NO6. The lowest BCUT2D eigenvalue weighted by molar-refractivity contribution is -0.142. The Hall–Kier alpha value is -4.13. The molecule has 1 amide bonds. The van der Waals surface area contributed by atoms with E-state index in [9.17, 15) is 19.5 Å². The molecule has 3 rings (SSSR count). The molecule has 7 nitrogen and oxygen atoms in total. The predicted octanol–water partition coefficient (Wildman–Crippen LogP) is 5.29. The van der Waals surface area contributed by atoms with Crippen molar-refractivity contribution in [2.24, 2.45) is 5.92 Å². The van der Waals surface area contributed by atoms with Crippen molar-refractivity contribution in [1.82, 2.24) is 5.32 Å². The van der Waals surface area contributed by atoms with Gasteiger partial charge in [-0.05, 0) is 65.9 Å². The van der Waals surface area contributed by atoms with Crippen LogP contribution in [0.4, 0.5) is 0 Å². The third-order valence-corrected chi connectivity index (χ3v) is 5.91. The van der Waals surface area contributed by atoms with E-state index in [1.54, 1.807) is 36.4 Å². The second-order valence-corrected chi connectivity index (χ2v) is 8.59. The summed E-state index contributed by atoms with van der Waals surface area (Å²) >= 11 is 0. The van der Waals surface area contributed by atoms with Crippen molar-refractivity contribution in [3.8, 4) is 16.9 Å². The Morgan fingerprint density at radius 2 is 1.61 bits per heavy atom. The third kappa shape index (κ3) is 7.70. The molecule has 1 unspecified atom stereocenters. The van der Waals surface area contributed by atoms with Gasteiger partial charge in [0.1, 0.15) is 12.4 Å². The number of hydrogen-bond acceptors (Lipinski definition) is 4. The van der Waals surface area contributed by atoms with E-state index < -0.39 is 11.9 Å². The molecule has 3 aromatic rings. The Bertz CT molecular complexity index is 1170. The molecule has 3 N–H and O–H groups in total. The highest BCUT2D eigenvalue weighted by Crippen LogP contribution is 2.21. The monoisotopic (exact) mass is 489 g/mol. The topological polar surface area (TPSA) is 113 Å². The minimum atomic E-state index is -0.986. The molecule has 0 aliphatic heterocycles. The molecule has 0 aliphatic rings. The number of aromatic carboxylic acids is 1. The minimum Gasteiger partial charge on any atom is -0.492 e. The first-order chi connectivity index (χ1) is 17.4. The molecular weight excluding hydrogens is 458 g/mol. The molecule has 0 bridgehead atoms. The molecule has 0 radical (unpaired) electrons. The van der Waals surface area contributed by atoms with Crippen molar-refractivity contribution >= 4 is 17.8 Å². The van der Waals surface area contributed by atoms with Crippen LogP contribution in [-0.4, -0.2) is 41.2 Å². The fourth-order valence-corrected chi connectivity index (χ4v) is 3.85. The third-order valence-electron chi connectivity index (χ3n) is 5.91. The number of carboxylic acids is 2. The highest BCUT2D eigenvalue weighted by Gasteiger charge is 2.17. The quantitative estimate of drug-likeness (QED) is 0.281. The molecule has 36 heavy (non-hydrogen) atoms. The van der Waals surface area contributed by atoms with Crippen LogP contribution in [0.1, 0.15) is 52.5 Å². The molecule has 0 saturated carbocycles. The summed E-state index contributed by atoms with van der Waals surface area (Å²) in [5.74, 6) is -1.70. The average Bonchev–Trinajstić information content (AvgIpc) is 2.89. The number of ether oxygens (including phenoxy) is 1. The number of aliphatic carboxylic acids is 1. The lowest BCUT2D eigenvalue weighted by Crippen LogP contribution is -2.28. The number of carbonyl (C=O) groups is 3. The SMILES string of the molecule is CCCCC(Cc1ccc(OCCNC(=O)c2ccc(-c3cccc(C(=O)O)c3)cc2)cc1)C(=O)O. The Kier molecular flexibility index (Phi) is 9.63. The number of rotatable bonds is 13. The molecule has 0 heterocycles. The van der Waals surface area contributed by atoms with Crippen molar-refractivity contribution in [2.45, 2.75) is 32.6 Å². The number of amides is 1. The largest absolute Gasteiger partial charge is 0.492 e. The lowest BCUT2D eigenvalue weighted by Gasteiger charge is -2.13. The number of hydrogen-bond donors (Lipinski definition) is 3. The van der Waals surface area contributed by atoms with Crippen molar-refractivity contribution in [3.63, 3.8) is 0 Å². The smallest absolute Gasteiger partial charge is 0.335 e. The molecule has 0 spiro atoms. The predicted molar refractivity (Wildman–Crippen MR) is 137 cm³/mol. The molecule has 0 saturated heterocycles. The first-order valence-corrected chi connectivity index (χ1v) is 12.0. The summed E-state index contributed by atoms with van der Waals surface area (Å²) in [5.41, 5.74) is 3.24. The zero-order chi connectivity index (χ0) is 25.9. The Labute approximate surface area is 210 Å². The highest BCUT2D eigenvalue weighted by molar-refractivity contribution is 5.95. The van der Waals surface area contributed by atoms with E-state index in [-0.39, 0.29) is 17.4 Å². The van der Waals surface area contributed by atoms with Gasteiger partial charge in [0, 0.05) is 5.56 Å². The zero-order valence-corrected chi connectivity index (χ0v) is 20.3. The summed E-state index contributed by atoms with van der Waals surface area (Å²) in [6, 6.07) is 21.0. The molecule has 1 atom stereocenters. The number of carboxylic acid groups (broad SMARTS) is 2. The van der Waals surface area contributed by atoms with Crippen LogP contribution in [0.15, 0.2) is 72.8 Å². The van der Waals surface area contributed by atoms with Gasteiger partial charge >= 0.3 is 11.9 Å². The zero-order valence-electron chi connectivity index (χ0n) is 20.3. The van der Waals surface area contributed by atoms with Gasteiger partial charge in [0.15, 0.2) is 0 Å². The molecule has 0 aliphatic carbocycles. The van der Waals surface area contributed by atoms with E-state index in [2.05, 4.69) is 12.2 Å². The summed E-state index contributed by atoms with van der Waals surface area (Å²) in [6.45, 7) is 2.66. The second kappa shape index (κ2) is 13.1. The standard InChI is InChI=1S/C29H31NO6/c1-2-3-5-24(28(32)33)18-20-8-14-26(15-9-20)36-17-16-30-27(31)22-12-10-21(11-13-22)23-6-4-7-25(19-23)29(34)35/h4,6-15,19,24H,2-3,5,16-18H2,1H3,(H,30,31)(H,32,33)(H,34,35). The van der Waals surface area contributed by atoms with Gasteiger partial charge in [0.05, 0.1) is 18.0 Å². The van der Waals surface area contributed by atoms with E-state index in [1.165, 1.54) is 6.07 Å². The van der Waals surface area contributed by atoms with E-state index in [4.69, 9.17) is 9.84 Å². The summed E-state index contributed by atoms with van der Waals surface area (Å²) < 4.78 is 5.69. The Balaban J connectivity index is 1.45. The first-order valence-electron chi connectivity index (χ1n) is 12.0. The number of nitrogens with one attached hydrogen (secondary N) is 1. The van der Waals surface area contributed by atoms with Crippen molar-refractivity contribution in [2.75, 3.05) is 13.2 Å².